The highest BCUT2D eigenvalue weighted by Gasteiger charge is 2.26. The lowest BCUT2D eigenvalue weighted by molar-refractivity contribution is -0.123. The summed E-state index contributed by atoms with van der Waals surface area (Å²) in [6.45, 7) is 3.89. The van der Waals surface area contributed by atoms with Crippen molar-refractivity contribution in [2.24, 2.45) is 0 Å². The Morgan fingerprint density at radius 3 is 3.00 bits per heavy atom. The largest absolute Gasteiger partial charge is 0.478 e. The van der Waals surface area contributed by atoms with Gasteiger partial charge in [-0.05, 0) is 25.0 Å². The van der Waals surface area contributed by atoms with Gasteiger partial charge in [0.05, 0.1) is 5.69 Å². The van der Waals surface area contributed by atoms with Crippen LogP contribution in [0.5, 0.6) is 5.75 Å². The second kappa shape index (κ2) is 3.33. The van der Waals surface area contributed by atoms with E-state index < -0.39 is 0 Å². The molecule has 1 aromatic rings. The van der Waals surface area contributed by atoms with Crippen LogP contribution in [-0.4, -0.2) is 12.0 Å². The molecule has 0 saturated carbocycles. The van der Waals surface area contributed by atoms with Gasteiger partial charge >= 0.3 is 0 Å². The average Bonchev–Trinajstić information content (AvgIpc) is 2.19. The minimum atomic E-state index is -0.343. The van der Waals surface area contributed by atoms with Crippen LogP contribution in [0.15, 0.2) is 18.2 Å². The van der Waals surface area contributed by atoms with E-state index in [1.54, 1.807) is 0 Å². The number of carbonyl (C=O) groups is 1. The minimum absolute atomic E-state index is 0.0469. The van der Waals surface area contributed by atoms with Crippen LogP contribution in [0.3, 0.4) is 0 Å². The van der Waals surface area contributed by atoms with Crippen LogP contribution < -0.4 is 10.1 Å². The number of aryl methyl sites for hydroxylation is 1. The van der Waals surface area contributed by atoms with E-state index in [4.69, 9.17) is 4.74 Å². The standard InChI is InChI=1S/C11H13NO2/c1-3-8-11(13)12-10-7(2)5-4-6-9(10)14-8/h4-6,8H,3H2,1-2H3,(H,12,13). The smallest absolute Gasteiger partial charge is 0.265 e. The quantitative estimate of drug-likeness (QED) is 0.738. The molecule has 0 bridgehead atoms. The number of hydrogen-bond donors (Lipinski definition) is 1. The summed E-state index contributed by atoms with van der Waals surface area (Å²) in [5.41, 5.74) is 1.84. The number of anilines is 1. The molecule has 1 N–H and O–H groups in total. The van der Waals surface area contributed by atoms with Gasteiger partial charge in [-0.3, -0.25) is 4.79 Å². The van der Waals surface area contributed by atoms with Gasteiger partial charge in [0.25, 0.3) is 5.91 Å². The highest BCUT2D eigenvalue weighted by atomic mass is 16.5. The van der Waals surface area contributed by atoms with Crippen LogP contribution in [0.25, 0.3) is 0 Å². The predicted octanol–water partition coefficient (Wildman–Crippen LogP) is 2.10. The molecule has 1 unspecified atom stereocenters. The molecule has 0 spiro atoms. The second-order valence-electron chi connectivity index (χ2n) is 3.45. The number of rotatable bonds is 1. The molecule has 0 saturated heterocycles. The Bertz CT molecular complexity index is 374. The van der Waals surface area contributed by atoms with Crippen LogP contribution in [0.4, 0.5) is 5.69 Å². The summed E-state index contributed by atoms with van der Waals surface area (Å²) in [7, 11) is 0. The molecule has 1 atom stereocenters. The van der Waals surface area contributed by atoms with Crippen molar-refractivity contribution in [3.8, 4) is 5.75 Å². The Hall–Kier alpha value is -1.51. The number of benzene rings is 1. The van der Waals surface area contributed by atoms with Crippen molar-refractivity contribution < 1.29 is 9.53 Å². The SMILES string of the molecule is CCC1Oc2cccc(C)c2NC1=O. The third kappa shape index (κ3) is 1.35. The number of carbonyl (C=O) groups excluding carboxylic acids is 1. The van der Waals surface area contributed by atoms with Gasteiger partial charge in [-0.25, -0.2) is 0 Å². The number of amides is 1. The van der Waals surface area contributed by atoms with E-state index in [9.17, 15) is 4.79 Å². The van der Waals surface area contributed by atoms with E-state index >= 15 is 0 Å². The number of ether oxygens (including phenoxy) is 1. The van der Waals surface area contributed by atoms with Gasteiger partial charge in [0.15, 0.2) is 6.10 Å². The Morgan fingerprint density at radius 1 is 1.50 bits per heavy atom. The van der Waals surface area contributed by atoms with Gasteiger partial charge in [0.2, 0.25) is 0 Å². The molecule has 1 heterocycles. The monoisotopic (exact) mass is 191 g/mol. The number of para-hydroxylation sites is 1. The second-order valence-corrected chi connectivity index (χ2v) is 3.45. The first-order valence-electron chi connectivity index (χ1n) is 4.79. The summed E-state index contributed by atoms with van der Waals surface area (Å²) in [6.07, 6.45) is 0.350. The van der Waals surface area contributed by atoms with Crippen LogP contribution in [-0.2, 0) is 4.79 Å². The molecule has 0 aromatic heterocycles. The van der Waals surface area contributed by atoms with Crippen molar-refractivity contribution in [2.75, 3.05) is 5.32 Å². The summed E-state index contributed by atoms with van der Waals surface area (Å²) in [4.78, 5) is 11.5. The Balaban J connectivity index is 2.40. The zero-order valence-corrected chi connectivity index (χ0v) is 8.33. The first-order valence-corrected chi connectivity index (χ1v) is 4.79. The fraction of sp³-hybridized carbons (Fsp3) is 0.364. The lowest BCUT2D eigenvalue weighted by Gasteiger charge is -2.26. The van der Waals surface area contributed by atoms with Gasteiger partial charge in [-0.15, -0.1) is 0 Å². The van der Waals surface area contributed by atoms with E-state index in [-0.39, 0.29) is 12.0 Å². The number of hydrogen-bond acceptors (Lipinski definition) is 2. The normalized spacial score (nSPS) is 19.6. The van der Waals surface area contributed by atoms with E-state index in [0.29, 0.717) is 6.42 Å². The molecule has 1 aliphatic rings. The van der Waals surface area contributed by atoms with Crippen molar-refractivity contribution in [1.29, 1.82) is 0 Å². The van der Waals surface area contributed by atoms with Crippen molar-refractivity contribution in [3.05, 3.63) is 23.8 Å². The topological polar surface area (TPSA) is 38.3 Å². The van der Waals surface area contributed by atoms with Gasteiger partial charge in [-0.1, -0.05) is 19.1 Å². The van der Waals surface area contributed by atoms with Crippen LogP contribution >= 0.6 is 0 Å². The Morgan fingerprint density at radius 2 is 2.29 bits per heavy atom. The summed E-state index contributed by atoms with van der Waals surface area (Å²) in [6, 6.07) is 5.76. The molecule has 3 nitrogen and oxygen atoms in total. The molecule has 2 rings (SSSR count). The maximum Gasteiger partial charge on any atom is 0.265 e. The Labute approximate surface area is 83.1 Å². The molecule has 14 heavy (non-hydrogen) atoms. The maximum absolute atomic E-state index is 11.5. The molecule has 3 heteroatoms. The van der Waals surface area contributed by atoms with E-state index in [2.05, 4.69) is 5.32 Å². The van der Waals surface area contributed by atoms with Gasteiger partial charge < -0.3 is 10.1 Å². The third-order valence-corrected chi connectivity index (χ3v) is 2.42. The Kier molecular flexibility index (Phi) is 2.15. The van der Waals surface area contributed by atoms with E-state index in [1.165, 1.54) is 0 Å². The zero-order valence-electron chi connectivity index (χ0n) is 8.33. The molecule has 1 aromatic carbocycles. The first kappa shape index (κ1) is 9.06. The van der Waals surface area contributed by atoms with E-state index in [1.807, 2.05) is 32.0 Å². The lowest BCUT2D eigenvalue weighted by Crippen LogP contribution is -2.36. The molecule has 1 amide bonds. The predicted molar refractivity (Wildman–Crippen MR) is 54.5 cm³/mol. The summed E-state index contributed by atoms with van der Waals surface area (Å²) in [5.74, 6) is 0.728. The number of nitrogens with one attached hydrogen (secondary N) is 1. The summed E-state index contributed by atoms with van der Waals surface area (Å²) < 4.78 is 5.56. The fourth-order valence-electron chi connectivity index (χ4n) is 1.58. The molecule has 0 radical (unpaired) electrons. The van der Waals surface area contributed by atoms with Crippen molar-refractivity contribution in [3.63, 3.8) is 0 Å². The highest BCUT2D eigenvalue weighted by Crippen LogP contribution is 2.32. The van der Waals surface area contributed by atoms with Crippen molar-refractivity contribution in [2.45, 2.75) is 26.4 Å². The van der Waals surface area contributed by atoms with Crippen molar-refractivity contribution >= 4 is 11.6 Å². The maximum atomic E-state index is 11.5. The molecule has 0 fully saturated rings. The zero-order chi connectivity index (χ0) is 10.1. The van der Waals surface area contributed by atoms with Crippen LogP contribution in [0.1, 0.15) is 18.9 Å². The molecule has 1 aliphatic heterocycles. The lowest BCUT2D eigenvalue weighted by atomic mass is 10.1. The molecule has 74 valence electrons. The minimum Gasteiger partial charge on any atom is -0.478 e. The van der Waals surface area contributed by atoms with Crippen LogP contribution in [0, 0.1) is 6.92 Å². The average molecular weight is 191 g/mol. The van der Waals surface area contributed by atoms with Crippen molar-refractivity contribution in [1.82, 2.24) is 0 Å². The molecule has 0 aliphatic carbocycles. The molecular formula is C11H13NO2. The third-order valence-electron chi connectivity index (χ3n) is 2.42. The first-order chi connectivity index (χ1) is 6.72. The van der Waals surface area contributed by atoms with Crippen LogP contribution in [0.2, 0.25) is 0 Å². The number of fused-ring (bicyclic) bond motifs is 1. The summed E-state index contributed by atoms with van der Waals surface area (Å²) in [5, 5.41) is 2.87. The highest BCUT2D eigenvalue weighted by molar-refractivity contribution is 5.98. The van der Waals surface area contributed by atoms with Gasteiger partial charge in [0.1, 0.15) is 5.75 Å². The van der Waals surface area contributed by atoms with Gasteiger partial charge in [0, 0.05) is 0 Å². The summed E-state index contributed by atoms with van der Waals surface area (Å²) >= 11 is 0. The fourth-order valence-corrected chi connectivity index (χ4v) is 1.58. The molecular weight excluding hydrogens is 178 g/mol. The van der Waals surface area contributed by atoms with Gasteiger partial charge in [-0.2, -0.15) is 0 Å². The van der Waals surface area contributed by atoms with E-state index in [0.717, 1.165) is 17.0 Å².